The molecule has 3 rings (SSSR count). The SMILES string of the molecule is CCCCCCCN1CCN(CCCC[C@H]2CN=C(N)N2CCc2cccc(C(F)(F)F)c2)C1=N. The number of nitrogens with zero attached hydrogens (tertiary/aromatic N) is 4. The van der Waals surface area contributed by atoms with Gasteiger partial charge in [0, 0.05) is 32.7 Å². The number of nitrogens with one attached hydrogen (secondary N) is 1. The number of rotatable bonds is 14. The lowest BCUT2D eigenvalue weighted by atomic mass is 10.1. The van der Waals surface area contributed by atoms with Gasteiger partial charge >= 0.3 is 6.18 Å². The van der Waals surface area contributed by atoms with Crippen LogP contribution in [0.25, 0.3) is 0 Å². The van der Waals surface area contributed by atoms with Gasteiger partial charge in [-0.2, -0.15) is 13.2 Å². The van der Waals surface area contributed by atoms with Crippen molar-refractivity contribution in [2.45, 2.75) is 76.9 Å². The molecule has 0 unspecified atom stereocenters. The maximum absolute atomic E-state index is 13.0. The predicted octanol–water partition coefficient (Wildman–Crippen LogP) is 4.94. The molecule has 2 aliphatic rings. The van der Waals surface area contributed by atoms with Crippen LogP contribution in [-0.4, -0.2) is 71.9 Å². The van der Waals surface area contributed by atoms with Gasteiger partial charge in [-0.05, 0) is 43.7 Å². The Morgan fingerprint density at radius 2 is 1.69 bits per heavy atom. The maximum atomic E-state index is 13.0. The number of aliphatic imine (C=N–C) groups is 1. The molecule has 2 heterocycles. The fourth-order valence-corrected chi connectivity index (χ4v) is 4.95. The van der Waals surface area contributed by atoms with E-state index in [9.17, 15) is 13.2 Å². The quantitative estimate of drug-likeness (QED) is 0.360. The molecule has 1 atom stereocenters. The number of unbranched alkanes of at least 4 members (excludes halogenated alkanes) is 5. The highest BCUT2D eigenvalue weighted by molar-refractivity contribution is 5.80. The summed E-state index contributed by atoms with van der Waals surface area (Å²) in [6.45, 7) is 7.17. The fraction of sp³-hybridized carbons (Fsp3) is 0.692. The topological polar surface area (TPSA) is 72.0 Å². The lowest BCUT2D eigenvalue weighted by Crippen LogP contribution is -2.42. The largest absolute Gasteiger partial charge is 0.416 e. The number of hydrogen-bond donors (Lipinski definition) is 2. The first-order chi connectivity index (χ1) is 16.8. The van der Waals surface area contributed by atoms with Crippen molar-refractivity contribution >= 4 is 11.9 Å². The minimum Gasteiger partial charge on any atom is -0.370 e. The van der Waals surface area contributed by atoms with Crippen molar-refractivity contribution in [3.05, 3.63) is 35.4 Å². The smallest absolute Gasteiger partial charge is 0.370 e. The van der Waals surface area contributed by atoms with Crippen LogP contribution in [0, 0.1) is 5.41 Å². The van der Waals surface area contributed by atoms with E-state index in [4.69, 9.17) is 11.1 Å². The van der Waals surface area contributed by atoms with Crippen LogP contribution in [0.2, 0.25) is 0 Å². The summed E-state index contributed by atoms with van der Waals surface area (Å²) in [5, 5.41) is 8.47. The van der Waals surface area contributed by atoms with Gasteiger partial charge in [0.15, 0.2) is 11.9 Å². The van der Waals surface area contributed by atoms with E-state index in [0.717, 1.165) is 57.9 Å². The first-order valence-electron chi connectivity index (χ1n) is 13.1. The highest BCUT2D eigenvalue weighted by atomic mass is 19.4. The molecule has 0 saturated carbocycles. The van der Waals surface area contributed by atoms with E-state index in [-0.39, 0.29) is 6.04 Å². The first kappa shape index (κ1) is 27.1. The molecule has 0 radical (unpaired) electrons. The Morgan fingerprint density at radius 3 is 2.37 bits per heavy atom. The van der Waals surface area contributed by atoms with Crippen molar-refractivity contribution in [1.29, 1.82) is 5.41 Å². The number of halogens is 3. The molecular formula is C26H41F3N6. The van der Waals surface area contributed by atoms with Gasteiger partial charge in [-0.3, -0.25) is 10.4 Å². The predicted molar refractivity (Wildman–Crippen MR) is 136 cm³/mol. The number of benzene rings is 1. The Labute approximate surface area is 207 Å². The second-order valence-corrected chi connectivity index (χ2v) is 9.70. The van der Waals surface area contributed by atoms with Crippen molar-refractivity contribution in [3.8, 4) is 0 Å². The van der Waals surface area contributed by atoms with E-state index in [1.165, 1.54) is 37.8 Å². The molecule has 35 heavy (non-hydrogen) atoms. The summed E-state index contributed by atoms with van der Waals surface area (Å²) in [7, 11) is 0. The lowest BCUT2D eigenvalue weighted by molar-refractivity contribution is -0.137. The highest BCUT2D eigenvalue weighted by Gasteiger charge is 2.31. The average Bonchev–Trinajstić information content (AvgIpc) is 3.36. The van der Waals surface area contributed by atoms with Crippen molar-refractivity contribution in [3.63, 3.8) is 0 Å². The molecule has 1 saturated heterocycles. The zero-order chi connectivity index (χ0) is 25.3. The Morgan fingerprint density at radius 1 is 1.00 bits per heavy atom. The van der Waals surface area contributed by atoms with Gasteiger partial charge in [-0.15, -0.1) is 0 Å². The van der Waals surface area contributed by atoms with Gasteiger partial charge in [0.05, 0.1) is 18.2 Å². The summed E-state index contributed by atoms with van der Waals surface area (Å²) in [6, 6.07) is 5.70. The number of alkyl halides is 3. The van der Waals surface area contributed by atoms with Crippen LogP contribution in [-0.2, 0) is 12.6 Å². The van der Waals surface area contributed by atoms with Crippen molar-refractivity contribution in [2.75, 3.05) is 39.3 Å². The molecule has 6 nitrogen and oxygen atoms in total. The third-order valence-electron chi connectivity index (χ3n) is 7.08. The Balaban J connectivity index is 1.36. The van der Waals surface area contributed by atoms with Gasteiger partial charge in [0.25, 0.3) is 0 Å². The first-order valence-corrected chi connectivity index (χ1v) is 13.1. The minimum absolute atomic E-state index is 0.193. The monoisotopic (exact) mass is 494 g/mol. The van der Waals surface area contributed by atoms with Crippen LogP contribution < -0.4 is 5.73 Å². The molecule has 1 aromatic carbocycles. The van der Waals surface area contributed by atoms with Gasteiger partial charge in [0.1, 0.15) is 0 Å². The minimum atomic E-state index is -4.33. The molecule has 2 aliphatic heterocycles. The van der Waals surface area contributed by atoms with Crippen LogP contribution in [0.4, 0.5) is 13.2 Å². The van der Waals surface area contributed by atoms with Crippen molar-refractivity contribution in [2.24, 2.45) is 10.7 Å². The summed E-state index contributed by atoms with van der Waals surface area (Å²) in [4.78, 5) is 10.8. The van der Waals surface area contributed by atoms with Crippen LogP contribution >= 0.6 is 0 Å². The summed E-state index contributed by atoms with van der Waals surface area (Å²) in [5.74, 6) is 1.15. The standard InChI is InChI=1S/C26H41F3N6/c1-2-3-4-5-7-14-33-17-18-34(25(33)31)15-8-6-12-23-20-32-24(30)35(23)16-13-21-10-9-11-22(19-21)26(27,28)29/h9-11,19,23,31H,2-8,12-18,20H2,1H3,(H2,30,32)/t23-/m0/s1. The van der Waals surface area contributed by atoms with E-state index in [1.807, 2.05) is 4.90 Å². The molecule has 9 heteroatoms. The van der Waals surface area contributed by atoms with Gasteiger partial charge in [-0.25, -0.2) is 0 Å². The maximum Gasteiger partial charge on any atom is 0.416 e. The molecule has 0 spiro atoms. The Hall–Kier alpha value is -2.45. The number of guanidine groups is 2. The fourth-order valence-electron chi connectivity index (χ4n) is 4.95. The Bertz CT molecular complexity index is 841. The molecule has 3 N–H and O–H groups in total. The number of hydrogen-bond acceptors (Lipinski definition) is 4. The van der Waals surface area contributed by atoms with Crippen LogP contribution in [0.3, 0.4) is 0 Å². The molecule has 196 valence electrons. The van der Waals surface area contributed by atoms with Crippen molar-refractivity contribution in [1.82, 2.24) is 14.7 Å². The summed E-state index contributed by atoms with van der Waals surface area (Å²) in [5.41, 5.74) is 6.13. The van der Waals surface area contributed by atoms with Crippen molar-refractivity contribution < 1.29 is 13.2 Å². The third kappa shape index (κ3) is 8.04. The molecule has 0 bridgehead atoms. The molecule has 0 aromatic heterocycles. The summed E-state index contributed by atoms with van der Waals surface area (Å²) < 4.78 is 39.0. The van der Waals surface area contributed by atoms with E-state index in [1.54, 1.807) is 6.07 Å². The Kier molecular flexibility index (Phi) is 10.1. The molecular weight excluding hydrogens is 453 g/mol. The lowest BCUT2D eigenvalue weighted by Gasteiger charge is -2.27. The van der Waals surface area contributed by atoms with E-state index in [2.05, 4.69) is 21.7 Å². The van der Waals surface area contributed by atoms with Gasteiger partial charge < -0.3 is 20.4 Å². The molecule has 1 aromatic rings. The van der Waals surface area contributed by atoms with Gasteiger partial charge in [0.2, 0.25) is 0 Å². The third-order valence-corrected chi connectivity index (χ3v) is 7.08. The summed E-state index contributed by atoms with van der Waals surface area (Å²) >= 11 is 0. The molecule has 0 amide bonds. The highest BCUT2D eigenvalue weighted by Crippen LogP contribution is 2.29. The zero-order valence-electron chi connectivity index (χ0n) is 21.0. The second-order valence-electron chi connectivity index (χ2n) is 9.70. The van der Waals surface area contributed by atoms with E-state index < -0.39 is 11.7 Å². The molecule has 0 aliphatic carbocycles. The van der Waals surface area contributed by atoms with E-state index >= 15 is 0 Å². The average molecular weight is 495 g/mol. The second kappa shape index (κ2) is 13.0. The van der Waals surface area contributed by atoms with Crippen LogP contribution in [0.1, 0.15) is 69.4 Å². The van der Waals surface area contributed by atoms with Crippen LogP contribution in [0.5, 0.6) is 0 Å². The normalized spacial score (nSPS) is 18.6. The van der Waals surface area contributed by atoms with Gasteiger partial charge in [-0.1, -0.05) is 50.8 Å². The zero-order valence-corrected chi connectivity index (χ0v) is 21.0. The van der Waals surface area contributed by atoms with E-state index in [0.29, 0.717) is 37.0 Å². The number of nitrogens with two attached hydrogens (primary N) is 1. The van der Waals surface area contributed by atoms with Crippen LogP contribution in [0.15, 0.2) is 29.3 Å². The summed E-state index contributed by atoms with van der Waals surface area (Å²) in [6.07, 6.45) is 5.36. The molecule has 1 fully saturated rings.